The van der Waals surface area contributed by atoms with Crippen LogP contribution in [0.1, 0.15) is 16.8 Å². The van der Waals surface area contributed by atoms with E-state index in [2.05, 4.69) is 5.32 Å². The van der Waals surface area contributed by atoms with Crippen LogP contribution in [0.25, 0.3) is 21.5 Å². The number of carbonyl (C=O) groups is 1. The Kier molecular flexibility index (Phi) is 4.04. The summed E-state index contributed by atoms with van der Waals surface area (Å²) < 4.78 is 0. The Hall–Kier alpha value is -2.24. The molecule has 2 aromatic heterocycles. The zero-order chi connectivity index (χ0) is 16.5. The number of hydrogen-bond acceptors (Lipinski definition) is 4. The van der Waals surface area contributed by atoms with E-state index in [4.69, 9.17) is 4.98 Å². The molecule has 24 heavy (non-hydrogen) atoms. The number of hydrogen-bond donors (Lipinski definition) is 1. The molecule has 1 aliphatic rings. The molecule has 0 radical (unpaired) electrons. The van der Waals surface area contributed by atoms with Crippen LogP contribution in [0.2, 0.25) is 0 Å². The highest BCUT2D eigenvalue weighted by molar-refractivity contribution is 7.13. The first-order chi connectivity index (χ1) is 11.7. The standard InChI is InChI=1S/C19H19N3OS/c1-22(13-8-9-20-12-13)19(23)15-11-17(18-7-4-10-24-18)21-16-6-3-2-5-14(15)16/h2-7,10-11,13,20H,8-9,12H2,1H3. The van der Waals surface area contributed by atoms with Crippen molar-refractivity contribution in [3.05, 3.63) is 53.4 Å². The van der Waals surface area contributed by atoms with Crippen molar-refractivity contribution in [3.8, 4) is 10.6 Å². The summed E-state index contributed by atoms with van der Waals surface area (Å²) in [6.45, 7) is 1.84. The van der Waals surface area contributed by atoms with Gasteiger partial charge in [0, 0.05) is 25.0 Å². The smallest absolute Gasteiger partial charge is 0.254 e. The third kappa shape index (κ3) is 2.70. The lowest BCUT2D eigenvalue weighted by Gasteiger charge is -2.24. The molecule has 4 nitrogen and oxygen atoms in total. The van der Waals surface area contributed by atoms with E-state index in [1.54, 1.807) is 11.3 Å². The van der Waals surface area contributed by atoms with E-state index in [1.165, 1.54) is 0 Å². The monoisotopic (exact) mass is 337 g/mol. The molecule has 1 saturated heterocycles. The van der Waals surface area contributed by atoms with Crippen LogP contribution in [0, 0.1) is 0 Å². The topological polar surface area (TPSA) is 45.2 Å². The summed E-state index contributed by atoms with van der Waals surface area (Å²) in [6, 6.07) is 14.1. The first-order valence-corrected chi connectivity index (χ1v) is 9.03. The number of rotatable bonds is 3. The molecule has 1 fully saturated rings. The van der Waals surface area contributed by atoms with Crippen molar-refractivity contribution in [2.45, 2.75) is 12.5 Å². The summed E-state index contributed by atoms with van der Waals surface area (Å²) >= 11 is 1.64. The number of nitrogens with zero attached hydrogens (tertiary/aromatic N) is 2. The Labute approximate surface area is 145 Å². The highest BCUT2D eigenvalue weighted by Crippen LogP contribution is 2.28. The van der Waals surface area contributed by atoms with Gasteiger partial charge in [0.2, 0.25) is 0 Å². The van der Waals surface area contributed by atoms with Crippen LogP contribution in [-0.2, 0) is 0 Å². The molecular weight excluding hydrogens is 318 g/mol. The summed E-state index contributed by atoms with van der Waals surface area (Å²) in [4.78, 5) is 20.8. The fourth-order valence-corrected chi connectivity index (χ4v) is 3.91. The molecule has 3 heterocycles. The molecule has 3 aromatic rings. The number of para-hydroxylation sites is 1. The SMILES string of the molecule is CN(C(=O)c1cc(-c2cccs2)nc2ccccc12)C1CCNC1. The number of fused-ring (bicyclic) bond motifs is 1. The highest BCUT2D eigenvalue weighted by Gasteiger charge is 2.25. The first-order valence-electron chi connectivity index (χ1n) is 8.15. The largest absolute Gasteiger partial charge is 0.337 e. The number of nitrogens with one attached hydrogen (secondary N) is 1. The molecule has 1 aliphatic heterocycles. The van der Waals surface area contributed by atoms with Crippen LogP contribution < -0.4 is 5.32 Å². The van der Waals surface area contributed by atoms with Gasteiger partial charge in [0.05, 0.1) is 21.7 Å². The van der Waals surface area contributed by atoms with Gasteiger partial charge in [0.1, 0.15) is 0 Å². The van der Waals surface area contributed by atoms with E-state index in [9.17, 15) is 4.79 Å². The van der Waals surface area contributed by atoms with Gasteiger partial charge in [-0.25, -0.2) is 4.98 Å². The molecule has 0 aliphatic carbocycles. The Balaban J connectivity index is 1.82. The van der Waals surface area contributed by atoms with Gasteiger partial charge in [0.15, 0.2) is 0 Å². The van der Waals surface area contributed by atoms with Gasteiger partial charge < -0.3 is 10.2 Å². The molecule has 1 aromatic carbocycles. The minimum absolute atomic E-state index is 0.0695. The molecule has 0 spiro atoms. The van der Waals surface area contributed by atoms with Crippen LogP contribution in [0.3, 0.4) is 0 Å². The summed E-state index contributed by atoms with van der Waals surface area (Å²) in [5, 5.41) is 6.27. The van der Waals surface area contributed by atoms with Gasteiger partial charge in [-0.3, -0.25) is 4.79 Å². The van der Waals surface area contributed by atoms with Crippen molar-refractivity contribution in [1.82, 2.24) is 15.2 Å². The van der Waals surface area contributed by atoms with E-state index in [0.717, 1.165) is 46.5 Å². The molecule has 1 N–H and O–H groups in total. The summed E-state index contributed by atoms with van der Waals surface area (Å²) in [6.07, 6.45) is 1.00. The second kappa shape index (κ2) is 6.34. The maximum Gasteiger partial charge on any atom is 0.254 e. The van der Waals surface area contributed by atoms with E-state index < -0.39 is 0 Å². The van der Waals surface area contributed by atoms with Crippen LogP contribution >= 0.6 is 11.3 Å². The van der Waals surface area contributed by atoms with Crippen molar-refractivity contribution in [2.24, 2.45) is 0 Å². The number of amides is 1. The lowest BCUT2D eigenvalue weighted by Crippen LogP contribution is -2.38. The van der Waals surface area contributed by atoms with Gasteiger partial charge in [-0.1, -0.05) is 24.3 Å². The maximum atomic E-state index is 13.1. The van der Waals surface area contributed by atoms with Crippen LogP contribution in [0.5, 0.6) is 0 Å². The predicted molar refractivity (Wildman–Crippen MR) is 98.4 cm³/mol. The average Bonchev–Trinajstić information content (AvgIpc) is 3.32. The first kappa shape index (κ1) is 15.3. The van der Waals surface area contributed by atoms with Crippen molar-refractivity contribution in [3.63, 3.8) is 0 Å². The molecule has 0 saturated carbocycles. The number of carbonyl (C=O) groups excluding carboxylic acids is 1. The van der Waals surface area contributed by atoms with Crippen molar-refractivity contribution < 1.29 is 4.79 Å². The highest BCUT2D eigenvalue weighted by atomic mass is 32.1. The minimum atomic E-state index is 0.0695. The summed E-state index contributed by atoms with van der Waals surface area (Å²) in [5.74, 6) is 0.0695. The molecule has 1 amide bonds. The third-order valence-corrected chi connectivity index (χ3v) is 5.51. The molecular formula is C19H19N3OS. The zero-order valence-electron chi connectivity index (χ0n) is 13.5. The van der Waals surface area contributed by atoms with Gasteiger partial charge in [0.25, 0.3) is 5.91 Å². The quantitative estimate of drug-likeness (QED) is 0.797. The lowest BCUT2D eigenvalue weighted by molar-refractivity contribution is 0.0746. The third-order valence-electron chi connectivity index (χ3n) is 4.62. The van der Waals surface area contributed by atoms with Gasteiger partial charge in [-0.2, -0.15) is 0 Å². The van der Waals surface area contributed by atoms with Gasteiger partial charge >= 0.3 is 0 Å². The number of thiophene rings is 1. The molecule has 1 unspecified atom stereocenters. The second-order valence-electron chi connectivity index (χ2n) is 6.11. The van der Waals surface area contributed by atoms with E-state index in [1.807, 2.05) is 59.8 Å². The van der Waals surface area contributed by atoms with Crippen LogP contribution in [0.15, 0.2) is 47.8 Å². The Morgan fingerprint density at radius 1 is 1.29 bits per heavy atom. The number of aromatic nitrogens is 1. The van der Waals surface area contributed by atoms with E-state index in [0.29, 0.717) is 0 Å². The van der Waals surface area contributed by atoms with Crippen molar-refractivity contribution in [1.29, 1.82) is 0 Å². The molecule has 4 rings (SSSR count). The van der Waals surface area contributed by atoms with Crippen molar-refractivity contribution >= 4 is 28.1 Å². The summed E-state index contributed by atoms with van der Waals surface area (Å²) in [7, 11) is 1.90. The fraction of sp³-hybridized carbons (Fsp3) is 0.263. The lowest BCUT2D eigenvalue weighted by atomic mass is 10.0. The Morgan fingerprint density at radius 3 is 2.92 bits per heavy atom. The van der Waals surface area contributed by atoms with Gasteiger partial charge in [-0.05, 0) is 36.5 Å². The zero-order valence-corrected chi connectivity index (χ0v) is 14.3. The van der Waals surface area contributed by atoms with Crippen molar-refractivity contribution in [2.75, 3.05) is 20.1 Å². The second-order valence-corrected chi connectivity index (χ2v) is 7.06. The number of likely N-dealkylation sites (N-methyl/N-ethyl adjacent to an activating group) is 1. The predicted octanol–water partition coefficient (Wildman–Crippen LogP) is 3.40. The summed E-state index contributed by atoms with van der Waals surface area (Å²) in [5.41, 5.74) is 2.47. The minimum Gasteiger partial charge on any atom is -0.337 e. The van der Waals surface area contributed by atoms with Gasteiger partial charge in [-0.15, -0.1) is 11.3 Å². The molecule has 5 heteroatoms. The average molecular weight is 337 g/mol. The van der Waals surface area contributed by atoms with Crippen LogP contribution in [-0.4, -0.2) is 42.0 Å². The molecule has 1 atom stereocenters. The molecule has 0 bridgehead atoms. The normalized spacial score (nSPS) is 17.3. The Bertz CT molecular complexity index is 869. The fourth-order valence-electron chi connectivity index (χ4n) is 3.23. The van der Waals surface area contributed by atoms with E-state index >= 15 is 0 Å². The maximum absolute atomic E-state index is 13.1. The number of pyridine rings is 1. The van der Waals surface area contributed by atoms with E-state index in [-0.39, 0.29) is 11.9 Å². The number of benzene rings is 1. The Morgan fingerprint density at radius 2 is 2.17 bits per heavy atom. The van der Waals surface area contributed by atoms with Crippen LogP contribution in [0.4, 0.5) is 0 Å². The molecule has 122 valence electrons.